The Morgan fingerprint density at radius 2 is 1.88 bits per heavy atom. The summed E-state index contributed by atoms with van der Waals surface area (Å²) in [4.78, 5) is 0. The summed E-state index contributed by atoms with van der Waals surface area (Å²) < 4.78 is 7.01. The standard InChI is InChI=1S/C11H11Cl2N3O/c1-6-4-9(10(17-3)5-8(6)12)16-7(2)14-15-11(16)13/h4-5H,1-3H3. The van der Waals surface area contributed by atoms with Crippen LogP contribution in [0.5, 0.6) is 5.75 Å². The van der Waals surface area contributed by atoms with E-state index in [9.17, 15) is 0 Å². The number of aryl methyl sites for hydroxylation is 2. The minimum Gasteiger partial charge on any atom is -0.495 e. The fourth-order valence-electron chi connectivity index (χ4n) is 1.60. The highest BCUT2D eigenvalue weighted by Gasteiger charge is 2.14. The summed E-state index contributed by atoms with van der Waals surface area (Å²) in [6, 6.07) is 3.64. The SMILES string of the molecule is COc1cc(Cl)c(C)cc1-n1c(C)nnc1Cl. The predicted molar refractivity (Wildman–Crippen MR) is 67.4 cm³/mol. The van der Waals surface area contributed by atoms with Gasteiger partial charge < -0.3 is 4.74 Å². The van der Waals surface area contributed by atoms with Gasteiger partial charge in [0, 0.05) is 11.1 Å². The van der Waals surface area contributed by atoms with Gasteiger partial charge in [0.2, 0.25) is 5.28 Å². The highest BCUT2D eigenvalue weighted by molar-refractivity contribution is 6.31. The van der Waals surface area contributed by atoms with Crippen molar-refractivity contribution in [2.24, 2.45) is 0 Å². The Morgan fingerprint density at radius 1 is 1.18 bits per heavy atom. The van der Waals surface area contributed by atoms with Gasteiger partial charge in [-0.15, -0.1) is 10.2 Å². The van der Waals surface area contributed by atoms with Crippen molar-refractivity contribution in [1.82, 2.24) is 14.8 Å². The molecule has 1 aromatic heterocycles. The smallest absolute Gasteiger partial charge is 0.229 e. The zero-order chi connectivity index (χ0) is 12.6. The molecule has 0 atom stereocenters. The van der Waals surface area contributed by atoms with Gasteiger partial charge in [0.25, 0.3) is 0 Å². The van der Waals surface area contributed by atoms with Crippen molar-refractivity contribution >= 4 is 23.2 Å². The first-order valence-corrected chi connectivity index (χ1v) is 5.72. The topological polar surface area (TPSA) is 39.9 Å². The molecule has 0 fully saturated rings. The van der Waals surface area contributed by atoms with Gasteiger partial charge in [-0.05, 0) is 37.1 Å². The lowest BCUT2D eigenvalue weighted by Gasteiger charge is -2.12. The fourth-order valence-corrected chi connectivity index (χ4v) is 2.00. The lowest BCUT2D eigenvalue weighted by Crippen LogP contribution is -2.01. The first-order valence-electron chi connectivity index (χ1n) is 4.96. The molecule has 0 saturated heterocycles. The molecule has 17 heavy (non-hydrogen) atoms. The third-order valence-corrected chi connectivity index (χ3v) is 3.14. The molecule has 1 heterocycles. The van der Waals surface area contributed by atoms with Crippen LogP contribution in [0.1, 0.15) is 11.4 Å². The maximum absolute atomic E-state index is 6.05. The van der Waals surface area contributed by atoms with Crippen molar-refractivity contribution in [3.63, 3.8) is 0 Å². The number of benzene rings is 1. The Labute approximate surface area is 109 Å². The maximum atomic E-state index is 6.05. The molecule has 0 aliphatic heterocycles. The lowest BCUT2D eigenvalue weighted by atomic mass is 10.2. The van der Waals surface area contributed by atoms with Crippen molar-refractivity contribution in [1.29, 1.82) is 0 Å². The summed E-state index contributed by atoms with van der Waals surface area (Å²) in [5, 5.41) is 8.66. The molecule has 1 aromatic carbocycles. The van der Waals surface area contributed by atoms with E-state index in [2.05, 4.69) is 10.2 Å². The fraction of sp³-hybridized carbons (Fsp3) is 0.273. The first-order chi connectivity index (χ1) is 8.04. The van der Waals surface area contributed by atoms with Crippen LogP contribution in [0.3, 0.4) is 0 Å². The van der Waals surface area contributed by atoms with E-state index in [1.54, 1.807) is 17.7 Å². The number of methoxy groups -OCH3 is 1. The Bertz CT molecular complexity index is 547. The zero-order valence-corrected chi connectivity index (χ0v) is 11.2. The molecule has 0 N–H and O–H groups in total. The van der Waals surface area contributed by atoms with Crippen molar-refractivity contribution in [3.05, 3.63) is 33.8 Å². The molecule has 0 saturated carbocycles. The highest BCUT2D eigenvalue weighted by atomic mass is 35.5. The molecule has 0 aliphatic rings. The summed E-state index contributed by atoms with van der Waals surface area (Å²) in [6.45, 7) is 3.74. The van der Waals surface area contributed by atoms with Crippen LogP contribution in [0.4, 0.5) is 0 Å². The number of hydrogen-bond acceptors (Lipinski definition) is 3. The van der Waals surface area contributed by atoms with Gasteiger partial charge >= 0.3 is 0 Å². The van der Waals surface area contributed by atoms with Crippen LogP contribution in [0.2, 0.25) is 10.3 Å². The summed E-state index contributed by atoms with van der Waals surface area (Å²) in [5.74, 6) is 1.32. The monoisotopic (exact) mass is 271 g/mol. The van der Waals surface area contributed by atoms with E-state index in [1.807, 2.05) is 19.9 Å². The molecule has 0 bridgehead atoms. The van der Waals surface area contributed by atoms with Gasteiger partial charge in [-0.2, -0.15) is 0 Å². The van der Waals surface area contributed by atoms with Crippen LogP contribution in [0, 0.1) is 13.8 Å². The quantitative estimate of drug-likeness (QED) is 0.842. The second-order valence-electron chi connectivity index (χ2n) is 3.62. The van der Waals surface area contributed by atoms with Crippen LogP contribution in [-0.2, 0) is 0 Å². The van der Waals surface area contributed by atoms with E-state index < -0.39 is 0 Å². The Kier molecular flexibility index (Phi) is 3.26. The molecular weight excluding hydrogens is 261 g/mol. The average molecular weight is 272 g/mol. The number of halogens is 2. The van der Waals surface area contributed by atoms with Crippen LogP contribution >= 0.6 is 23.2 Å². The van der Waals surface area contributed by atoms with Crippen molar-refractivity contribution < 1.29 is 4.74 Å². The minimum atomic E-state index is 0.294. The molecule has 0 spiro atoms. The molecule has 2 aromatic rings. The van der Waals surface area contributed by atoms with Gasteiger partial charge in [0.05, 0.1) is 12.8 Å². The molecule has 0 amide bonds. The Hall–Kier alpha value is -1.26. The molecule has 4 nitrogen and oxygen atoms in total. The second kappa shape index (κ2) is 4.55. The van der Waals surface area contributed by atoms with E-state index in [4.69, 9.17) is 27.9 Å². The predicted octanol–water partition coefficient (Wildman–Crippen LogP) is 3.20. The second-order valence-corrected chi connectivity index (χ2v) is 4.37. The summed E-state index contributed by atoms with van der Waals surface area (Å²) >= 11 is 12.1. The van der Waals surface area contributed by atoms with Crippen LogP contribution < -0.4 is 4.74 Å². The minimum absolute atomic E-state index is 0.294. The largest absolute Gasteiger partial charge is 0.495 e. The summed E-state index contributed by atoms with van der Waals surface area (Å²) in [7, 11) is 1.58. The first kappa shape index (κ1) is 12.2. The van der Waals surface area contributed by atoms with Crippen molar-refractivity contribution in [3.8, 4) is 11.4 Å². The molecule has 0 unspecified atom stereocenters. The molecular formula is C11H11Cl2N3O. The number of aromatic nitrogens is 3. The normalized spacial score (nSPS) is 10.6. The third kappa shape index (κ3) is 2.10. The lowest BCUT2D eigenvalue weighted by molar-refractivity contribution is 0.412. The number of ether oxygens (including phenoxy) is 1. The molecule has 90 valence electrons. The van der Waals surface area contributed by atoms with Crippen LogP contribution in [0.25, 0.3) is 5.69 Å². The Balaban J connectivity index is 2.70. The van der Waals surface area contributed by atoms with Gasteiger partial charge in [-0.25, -0.2) is 0 Å². The average Bonchev–Trinajstić information content (AvgIpc) is 2.62. The van der Waals surface area contributed by atoms with E-state index in [0.29, 0.717) is 21.9 Å². The van der Waals surface area contributed by atoms with E-state index in [0.717, 1.165) is 11.3 Å². The third-order valence-electron chi connectivity index (χ3n) is 2.49. The van der Waals surface area contributed by atoms with Crippen molar-refractivity contribution in [2.45, 2.75) is 13.8 Å². The number of rotatable bonds is 2. The van der Waals surface area contributed by atoms with Crippen molar-refractivity contribution in [2.75, 3.05) is 7.11 Å². The molecule has 2 rings (SSSR count). The number of hydrogen-bond donors (Lipinski definition) is 0. The van der Waals surface area contributed by atoms with Crippen LogP contribution in [0.15, 0.2) is 12.1 Å². The van der Waals surface area contributed by atoms with Gasteiger partial charge in [-0.3, -0.25) is 4.57 Å². The highest BCUT2D eigenvalue weighted by Crippen LogP contribution is 2.31. The van der Waals surface area contributed by atoms with E-state index >= 15 is 0 Å². The molecule has 6 heteroatoms. The Morgan fingerprint density at radius 3 is 2.41 bits per heavy atom. The van der Waals surface area contributed by atoms with Gasteiger partial charge in [0.15, 0.2) is 0 Å². The van der Waals surface area contributed by atoms with E-state index in [1.165, 1.54) is 0 Å². The zero-order valence-electron chi connectivity index (χ0n) is 9.66. The molecule has 0 radical (unpaired) electrons. The molecule has 0 aliphatic carbocycles. The summed E-state index contributed by atoms with van der Waals surface area (Å²) in [6.07, 6.45) is 0. The van der Waals surface area contributed by atoms with Gasteiger partial charge in [-0.1, -0.05) is 11.6 Å². The van der Waals surface area contributed by atoms with Gasteiger partial charge in [0.1, 0.15) is 11.6 Å². The maximum Gasteiger partial charge on any atom is 0.229 e. The van der Waals surface area contributed by atoms with E-state index in [-0.39, 0.29) is 0 Å². The van der Waals surface area contributed by atoms with Crippen LogP contribution in [-0.4, -0.2) is 21.9 Å². The number of nitrogens with zero attached hydrogens (tertiary/aromatic N) is 3. The summed E-state index contributed by atoms with van der Waals surface area (Å²) in [5.41, 5.74) is 1.72.